The third kappa shape index (κ3) is 2.95. The second-order valence-electron chi connectivity index (χ2n) is 3.38. The second-order valence-corrected chi connectivity index (χ2v) is 3.38. The first-order valence-electron chi connectivity index (χ1n) is 5.03. The lowest BCUT2D eigenvalue weighted by atomic mass is 9.98. The summed E-state index contributed by atoms with van der Waals surface area (Å²) in [5.41, 5.74) is 7.30. The van der Waals surface area contributed by atoms with Gasteiger partial charge in [-0.25, -0.2) is 0 Å². The summed E-state index contributed by atoms with van der Waals surface area (Å²) in [6.45, 7) is 0.234. The molecule has 0 aromatic heterocycles. The Labute approximate surface area is 99.7 Å². The molecule has 0 bridgehead atoms. The standard InChI is InChI=1S/C12H14N2O3/c1-16-10-3-8(6-13)11(5-12(15)17-2)9(4-10)7-14/h3-4H,5-6,13H2,1-2H3. The summed E-state index contributed by atoms with van der Waals surface area (Å²) >= 11 is 0. The normalized spacial score (nSPS) is 9.53. The maximum absolute atomic E-state index is 11.3. The van der Waals surface area contributed by atoms with Crippen molar-refractivity contribution in [1.82, 2.24) is 0 Å². The lowest BCUT2D eigenvalue weighted by Crippen LogP contribution is -2.11. The van der Waals surface area contributed by atoms with E-state index in [9.17, 15) is 4.79 Å². The fourth-order valence-electron chi connectivity index (χ4n) is 1.53. The number of nitrogens with zero attached hydrogens (tertiary/aromatic N) is 1. The zero-order chi connectivity index (χ0) is 12.8. The van der Waals surface area contributed by atoms with E-state index in [0.29, 0.717) is 22.4 Å². The zero-order valence-electron chi connectivity index (χ0n) is 9.82. The summed E-state index contributed by atoms with van der Waals surface area (Å²) in [7, 11) is 2.82. The van der Waals surface area contributed by atoms with Crippen molar-refractivity contribution < 1.29 is 14.3 Å². The summed E-state index contributed by atoms with van der Waals surface area (Å²) in [5, 5.41) is 9.05. The molecule has 2 N–H and O–H groups in total. The zero-order valence-corrected chi connectivity index (χ0v) is 9.82. The topological polar surface area (TPSA) is 85.3 Å². The van der Waals surface area contributed by atoms with Gasteiger partial charge in [0.25, 0.3) is 0 Å². The van der Waals surface area contributed by atoms with Crippen LogP contribution in [0.4, 0.5) is 0 Å². The average molecular weight is 234 g/mol. The second kappa shape index (κ2) is 5.87. The first-order valence-corrected chi connectivity index (χ1v) is 5.03. The van der Waals surface area contributed by atoms with Gasteiger partial charge in [-0.05, 0) is 23.3 Å². The van der Waals surface area contributed by atoms with Crippen LogP contribution in [0.25, 0.3) is 0 Å². The summed E-state index contributed by atoms with van der Waals surface area (Å²) in [6.07, 6.45) is 0.0376. The van der Waals surface area contributed by atoms with E-state index in [1.165, 1.54) is 14.2 Å². The van der Waals surface area contributed by atoms with Crippen LogP contribution in [-0.4, -0.2) is 20.2 Å². The number of esters is 1. The van der Waals surface area contributed by atoms with Crippen molar-refractivity contribution >= 4 is 5.97 Å². The van der Waals surface area contributed by atoms with Crippen LogP contribution in [0.3, 0.4) is 0 Å². The van der Waals surface area contributed by atoms with Crippen molar-refractivity contribution in [3.8, 4) is 11.8 Å². The smallest absolute Gasteiger partial charge is 0.310 e. The molecule has 0 atom stereocenters. The van der Waals surface area contributed by atoms with E-state index in [1.807, 2.05) is 6.07 Å². The number of hydrogen-bond donors (Lipinski definition) is 1. The van der Waals surface area contributed by atoms with Gasteiger partial charge in [-0.15, -0.1) is 0 Å². The molecule has 0 amide bonds. The summed E-state index contributed by atoms with van der Waals surface area (Å²) in [4.78, 5) is 11.3. The molecule has 0 heterocycles. The Hall–Kier alpha value is -2.06. The minimum Gasteiger partial charge on any atom is -0.497 e. The lowest BCUT2D eigenvalue weighted by Gasteiger charge is -2.11. The van der Waals surface area contributed by atoms with Gasteiger partial charge in [0.2, 0.25) is 0 Å². The highest BCUT2D eigenvalue weighted by molar-refractivity contribution is 5.74. The molecule has 0 aliphatic heterocycles. The summed E-state index contributed by atoms with van der Waals surface area (Å²) < 4.78 is 9.65. The van der Waals surface area contributed by atoms with Crippen molar-refractivity contribution in [1.29, 1.82) is 5.26 Å². The minimum absolute atomic E-state index is 0.0376. The molecule has 0 saturated heterocycles. The molecule has 1 aromatic carbocycles. The largest absolute Gasteiger partial charge is 0.497 e. The Morgan fingerprint density at radius 3 is 2.65 bits per heavy atom. The quantitative estimate of drug-likeness (QED) is 0.776. The van der Waals surface area contributed by atoms with Crippen LogP contribution in [0.2, 0.25) is 0 Å². The van der Waals surface area contributed by atoms with E-state index < -0.39 is 5.97 Å². The predicted octanol–water partition coefficient (Wildman–Crippen LogP) is 0.741. The molecule has 0 saturated carbocycles. The van der Waals surface area contributed by atoms with E-state index in [2.05, 4.69) is 4.74 Å². The molecule has 1 aromatic rings. The summed E-state index contributed by atoms with van der Waals surface area (Å²) in [6, 6.07) is 5.33. The van der Waals surface area contributed by atoms with Gasteiger partial charge in [-0.3, -0.25) is 4.79 Å². The highest BCUT2D eigenvalue weighted by Crippen LogP contribution is 2.23. The molecule has 0 radical (unpaired) electrons. The number of nitrogens with two attached hydrogens (primary N) is 1. The van der Waals surface area contributed by atoms with Crippen molar-refractivity contribution in [2.75, 3.05) is 14.2 Å². The number of rotatable bonds is 4. The van der Waals surface area contributed by atoms with Crippen molar-refractivity contribution in [3.63, 3.8) is 0 Å². The molecule has 0 spiro atoms. The minimum atomic E-state index is -0.402. The highest BCUT2D eigenvalue weighted by Gasteiger charge is 2.14. The number of methoxy groups -OCH3 is 2. The third-order valence-corrected chi connectivity index (χ3v) is 2.44. The number of ether oxygens (including phenoxy) is 2. The molecule has 0 fully saturated rings. The van der Waals surface area contributed by atoms with Gasteiger partial charge in [0.05, 0.1) is 32.3 Å². The van der Waals surface area contributed by atoms with Crippen LogP contribution in [0.15, 0.2) is 12.1 Å². The van der Waals surface area contributed by atoms with Gasteiger partial charge >= 0.3 is 5.97 Å². The SMILES string of the molecule is COC(=O)Cc1c(C#N)cc(OC)cc1CN. The third-order valence-electron chi connectivity index (χ3n) is 2.44. The maximum Gasteiger partial charge on any atom is 0.310 e. The van der Waals surface area contributed by atoms with Crippen molar-refractivity contribution in [2.24, 2.45) is 5.73 Å². The van der Waals surface area contributed by atoms with Gasteiger partial charge < -0.3 is 15.2 Å². The van der Waals surface area contributed by atoms with Gasteiger partial charge in [0.15, 0.2) is 0 Å². The Balaban J connectivity index is 3.25. The number of benzene rings is 1. The number of hydrogen-bond acceptors (Lipinski definition) is 5. The summed E-state index contributed by atoms with van der Waals surface area (Å²) in [5.74, 6) is 0.150. The van der Waals surface area contributed by atoms with E-state index >= 15 is 0 Å². The Kier molecular flexibility index (Phi) is 4.49. The van der Waals surface area contributed by atoms with Crippen LogP contribution in [0.5, 0.6) is 5.75 Å². The van der Waals surface area contributed by atoms with Crippen molar-refractivity contribution in [3.05, 3.63) is 28.8 Å². The van der Waals surface area contributed by atoms with Crippen LogP contribution in [-0.2, 0) is 22.5 Å². The average Bonchev–Trinajstić information content (AvgIpc) is 2.38. The predicted molar refractivity (Wildman–Crippen MR) is 61.3 cm³/mol. The van der Waals surface area contributed by atoms with Crippen LogP contribution < -0.4 is 10.5 Å². The van der Waals surface area contributed by atoms with Crippen molar-refractivity contribution in [2.45, 2.75) is 13.0 Å². The molecule has 17 heavy (non-hydrogen) atoms. The number of nitriles is 1. The first kappa shape index (κ1) is 13.0. The molecule has 5 nitrogen and oxygen atoms in total. The van der Waals surface area contributed by atoms with Crippen LogP contribution >= 0.6 is 0 Å². The van der Waals surface area contributed by atoms with Gasteiger partial charge in [0.1, 0.15) is 5.75 Å². The Bertz CT molecular complexity index is 464. The first-order chi connectivity index (χ1) is 8.15. The fourth-order valence-corrected chi connectivity index (χ4v) is 1.53. The van der Waals surface area contributed by atoms with E-state index in [-0.39, 0.29) is 13.0 Å². The van der Waals surface area contributed by atoms with E-state index in [4.69, 9.17) is 15.7 Å². The van der Waals surface area contributed by atoms with Crippen LogP contribution in [0.1, 0.15) is 16.7 Å². The number of carbonyl (C=O) groups is 1. The molecular formula is C12H14N2O3. The van der Waals surface area contributed by atoms with Gasteiger partial charge in [-0.2, -0.15) is 5.26 Å². The monoisotopic (exact) mass is 234 g/mol. The molecule has 90 valence electrons. The molecule has 5 heteroatoms. The molecule has 1 rings (SSSR count). The highest BCUT2D eigenvalue weighted by atomic mass is 16.5. The van der Waals surface area contributed by atoms with E-state index in [0.717, 1.165) is 0 Å². The fraction of sp³-hybridized carbons (Fsp3) is 0.333. The Morgan fingerprint density at radius 1 is 1.47 bits per heavy atom. The molecular weight excluding hydrogens is 220 g/mol. The van der Waals surface area contributed by atoms with E-state index in [1.54, 1.807) is 12.1 Å². The molecule has 0 aliphatic carbocycles. The molecule has 0 unspecified atom stereocenters. The maximum atomic E-state index is 11.3. The molecule has 0 aliphatic rings. The van der Waals surface area contributed by atoms with Gasteiger partial charge in [-0.1, -0.05) is 0 Å². The number of carbonyl (C=O) groups excluding carboxylic acids is 1. The Morgan fingerprint density at radius 2 is 2.18 bits per heavy atom. The van der Waals surface area contributed by atoms with Crippen LogP contribution in [0, 0.1) is 11.3 Å². The lowest BCUT2D eigenvalue weighted by molar-refractivity contribution is -0.139. The van der Waals surface area contributed by atoms with Gasteiger partial charge in [0, 0.05) is 6.54 Å².